The predicted octanol–water partition coefficient (Wildman–Crippen LogP) is 7.16. The highest BCUT2D eigenvalue weighted by Crippen LogP contribution is 2.35. The van der Waals surface area contributed by atoms with Crippen LogP contribution in [0.15, 0.2) is 40.9 Å². The first-order valence-corrected chi connectivity index (χ1v) is 10.1. The van der Waals surface area contributed by atoms with E-state index in [1.54, 1.807) is 0 Å². The van der Waals surface area contributed by atoms with E-state index in [0.717, 1.165) is 39.7 Å². The van der Waals surface area contributed by atoms with Crippen molar-refractivity contribution in [3.8, 4) is 16.9 Å². The standard InChI is InChI=1S/C23H26BrNO/c1-6-19(7-2)26-22-12-16(5)25-21-9-8-17(13-20(21)22)23-14(3)10-18(24)11-15(23)4/h8-13,19H,6-7H2,1-5H3. The Labute approximate surface area is 164 Å². The summed E-state index contributed by atoms with van der Waals surface area (Å²) in [6.45, 7) is 10.7. The van der Waals surface area contributed by atoms with Gasteiger partial charge in [0.2, 0.25) is 0 Å². The lowest BCUT2D eigenvalue weighted by Gasteiger charge is -2.18. The van der Waals surface area contributed by atoms with Crippen LogP contribution in [0.25, 0.3) is 22.0 Å². The normalized spacial score (nSPS) is 11.3. The third-order valence-corrected chi connectivity index (χ3v) is 5.35. The van der Waals surface area contributed by atoms with Crippen molar-refractivity contribution in [2.45, 2.75) is 53.6 Å². The molecule has 136 valence electrons. The second-order valence-corrected chi connectivity index (χ2v) is 7.88. The molecule has 0 spiro atoms. The zero-order valence-electron chi connectivity index (χ0n) is 16.2. The van der Waals surface area contributed by atoms with Crippen molar-refractivity contribution in [2.75, 3.05) is 0 Å². The molecule has 0 fully saturated rings. The molecule has 0 bridgehead atoms. The molecule has 0 radical (unpaired) electrons. The van der Waals surface area contributed by atoms with E-state index >= 15 is 0 Å². The highest BCUT2D eigenvalue weighted by molar-refractivity contribution is 9.10. The van der Waals surface area contributed by atoms with Gasteiger partial charge < -0.3 is 4.74 Å². The molecule has 3 heteroatoms. The summed E-state index contributed by atoms with van der Waals surface area (Å²) in [5.74, 6) is 0.940. The predicted molar refractivity (Wildman–Crippen MR) is 114 cm³/mol. The topological polar surface area (TPSA) is 22.1 Å². The molecule has 3 aromatic rings. The quantitative estimate of drug-likeness (QED) is 0.444. The van der Waals surface area contributed by atoms with Crippen molar-refractivity contribution in [2.24, 2.45) is 0 Å². The molecule has 0 aliphatic carbocycles. The fraction of sp³-hybridized carbons (Fsp3) is 0.348. The van der Waals surface area contributed by atoms with Crippen LogP contribution < -0.4 is 4.74 Å². The van der Waals surface area contributed by atoms with Crippen LogP contribution in [0.5, 0.6) is 5.75 Å². The SMILES string of the molecule is CCC(CC)Oc1cc(C)nc2ccc(-c3c(C)cc(Br)cc3C)cc12. The van der Waals surface area contributed by atoms with E-state index in [9.17, 15) is 0 Å². The minimum absolute atomic E-state index is 0.236. The van der Waals surface area contributed by atoms with Gasteiger partial charge in [-0.25, -0.2) is 0 Å². The molecule has 1 aromatic heterocycles. The Morgan fingerprint density at radius 2 is 1.62 bits per heavy atom. The second-order valence-electron chi connectivity index (χ2n) is 6.96. The average Bonchev–Trinajstić information content (AvgIpc) is 2.58. The third kappa shape index (κ3) is 3.78. The van der Waals surface area contributed by atoms with Crippen LogP contribution in [0.3, 0.4) is 0 Å². The third-order valence-electron chi connectivity index (χ3n) is 4.89. The van der Waals surface area contributed by atoms with Crippen molar-refractivity contribution < 1.29 is 4.74 Å². The molecule has 0 saturated heterocycles. The van der Waals surface area contributed by atoms with Gasteiger partial charge in [-0.05, 0) is 80.1 Å². The number of rotatable bonds is 5. The van der Waals surface area contributed by atoms with E-state index in [-0.39, 0.29) is 6.10 Å². The lowest BCUT2D eigenvalue weighted by molar-refractivity contribution is 0.195. The van der Waals surface area contributed by atoms with Crippen LogP contribution in [0, 0.1) is 20.8 Å². The summed E-state index contributed by atoms with van der Waals surface area (Å²) >= 11 is 3.59. The number of aryl methyl sites for hydroxylation is 3. The number of halogens is 1. The van der Waals surface area contributed by atoms with Crippen LogP contribution >= 0.6 is 15.9 Å². The van der Waals surface area contributed by atoms with Gasteiger partial charge in [0, 0.05) is 21.6 Å². The van der Waals surface area contributed by atoms with Gasteiger partial charge in [-0.1, -0.05) is 35.8 Å². The maximum atomic E-state index is 6.33. The van der Waals surface area contributed by atoms with E-state index in [2.05, 4.69) is 80.0 Å². The molecule has 26 heavy (non-hydrogen) atoms. The minimum Gasteiger partial charge on any atom is -0.490 e. The summed E-state index contributed by atoms with van der Waals surface area (Å²) in [6, 6.07) is 12.9. The molecule has 2 aromatic carbocycles. The lowest BCUT2D eigenvalue weighted by Crippen LogP contribution is -2.14. The Balaban J connectivity index is 2.18. The zero-order valence-corrected chi connectivity index (χ0v) is 17.8. The van der Waals surface area contributed by atoms with E-state index in [1.807, 2.05) is 6.92 Å². The number of benzene rings is 2. The van der Waals surface area contributed by atoms with E-state index < -0.39 is 0 Å². The van der Waals surface area contributed by atoms with Crippen LogP contribution in [0.2, 0.25) is 0 Å². The fourth-order valence-corrected chi connectivity index (χ4v) is 4.26. The summed E-state index contributed by atoms with van der Waals surface area (Å²) < 4.78 is 7.45. The number of nitrogens with zero attached hydrogens (tertiary/aromatic N) is 1. The van der Waals surface area contributed by atoms with Gasteiger partial charge in [-0.2, -0.15) is 0 Å². The van der Waals surface area contributed by atoms with E-state index in [0.29, 0.717) is 0 Å². The average molecular weight is 412 g/mol. The number of hydrogen-bond acceptors (Lipinski definition) is 2. The maximum absolute atomic E-state index is 6.33. The first kappa shape index (κ1) is 18.9. The van der Waals surface area contributed by atoms with Crippen LogP contribution in [-0.4, -0.2) is 11.1 Å². The lowest BCUT2D eigenvalue weighted by atomic mass is 9.94. The molecule has 0 N–H and O–H groups in total. The highest BCUT2D eigenvalue weighted by atomic mass is 79.9. The number of ether oxygens (including phenoxy) is 1. The van der Waals surface area contributed by atoms with Crippen LogP contribution in [0.1, 0.15) is 43.5 Å². The first-order chi connectivity index (χ1) is 12.4. The van der Waals surface area contributed by atoms with Gasteiger partial charge in [0.25, 0.3) is 0 Å². The van der Waals surface area contributed by atoms with Gasteiger partial charge in [-0.15, -0.1) is 0 Å². The summed E-state index contributed by atoms with van der Waals surface area (Å²) in [4.78, 5) is 4.70. The zero-order chi connectivity index (χ0) is 18.8. The molecular weight excluding hydrogens is 386 g/mol. The van der Waals surface area contributed by atoms with E-state index in [4.69, 9.17) is 9.72 Å². The molecule has 0 aliphatic rings. The Kier molecular flexibility index (Phi) is 5.67. The van der Waals surface area contributed by atoms with Gasteiger partial charge in [0.15, 0.2) is 0 Å². The summed E-state index contributed by atoms with van der Waals surface area (Å²) in [5, 5.41) is 1.08. The molecule has 2 nitrogen and oxygen atoms in total. The van der Waals surface area contributed by atoms with Gasteiger partial charge in [-0.3, -0.25) is 4.98 Å². The fourth-order valence-electron chi connectivity index (χ4n) is 3.57. The second kappa shape index (κ2) is 7.79. The number of fused-ring (bicyclic) bond motifs is 1. The van der Waals surface area contributed by atoms with Crippen molar-refractivity contribution in [1.82, 2.24) is 4.98 Å². The number of aromatic nitrogens is 1. The molecule has 3 rings (SSSR count). The molecular formula is C23H26BrNO. The van der Waals surface area contributed by atoms with Gasteiger partial charge in [0.05, 0.1) is 11.6 Å². The van der Waals surface area contributed by atoms with Crippen molar-refractivity contribution in [1.29, 1.82) is 0 Å². The van der Waals surface area contributed by atoms with Crippen molar-refractivity contribution >= 4 is 26.8 Å². The largest absolute Gasteiger partial charge is 0.490 e. The molecule has 1 heterocycles. The van der Waals surface area contributed by atoms with Crippen LogP contribution in [-0.2, 0) is 0 Å². The monoisotopic (exact) mass is 411 g/mol. The highest BCUT2D eigenvalue weighted by Gasteiger charge is 2.13. The van der Waals surface area contributed by atoms with Crippen molar-refractivity contribution in [3.63, 3.8) is 0 Å². The molecule has 0 atom stereocenters. The summed E-state index contributed by atoms with van der Waals surface area (Å²) in [6.07, 6.45) is 2.24. The Morgan fingerprint density at radius 3 is 2.23 bits per heavy atom. The minimum atomic E-state index is 0.236. The maximum Gasteiger partial charge on any atom is 0.130 e. The number of pyridine rings is 1. The van der Waals surface area contributed by atoms with Gasteiger partial charge in [0.1, 0.15) is 5.75 Å². The smallest absolute Gasteiger partial charge is 0.130 e. The summed E-state index contributed by atoms with van der Waals surface area (Å²) in [5.41, 5.74) is 6.99. The molecule has 0 amide bonds. The van der Waals surface area contributed by atoms with Crippen LogP contribution in [0.4, 0.5) is 0 Å². The van der Waals surface area contributed by atoms with Crippen molar-refractivity contribution in [3.05, 3.63) is 57.7 Å². The molecule has 0 aliphatic heterocycles. The molecule has 0 saturated carbocycles. The summed E-state index contributed by atoms with van der Waals surface area (Å²) in [7, 11) is 0. The Morgan fingerprint density at radius 1 is 0.962 bits per heavy atom. The molecule has 0 unspecified atom stereocenters. The van der Waals surface area contributed by atoms with E-state index in [1.165, 1.54) is 22.3 Å². The first-order valence-electron chi connectivity index (χ1n) is 9.28. The van der Waals surface area contributed by atoms with Gasteiger partial charge >= 0.3 is 0 Å². The Hall–Kier alpha value is -1.87. The Bertz CT molecular complexity index is 921. The number of hydrogen-bond donors (Lipinski definition) is 0.